The monoisotopic (exact) mass is 367 g/mol. The number of anilines is 1. The van der Waals surface area contributed by atoms with Gasteiger partial charge in [0.2, 0.25) is 0 Å². The van der Waals surface area contributed by atoms with Crippen molar-refractivity contribution in [3.05, 3.63) is 47.8 Å². The fourth-order valence-corrected chi connectivity index (χ4v) is 2.90. The molecule has 2 amide bonds. The number of hydrogen-bond donors (Lipinski definition) is 1. The van der Waals surface area contributed by atoms with Crippen LogP contribution in [0.15, 0.2) is 36.5 Å². The summed E-state index contributed by atoms with van der Waals surface area (Å²) in [6.07, 6.45) is -2.70. The van der Waals surface area contributed by atoms with Crippen LogP contribution >= 0.6 is 0 Å². The molecule has 0 saturated carbocycles. The third-order valence-corrected chi connectivity index (χ3v) is 4.45. The van der Waals surface area contributed by atoms with Gasteiger partial charge in [-0.05, 0) is 24.3 Å². The van der Waals surface area contributed by atoms with Crippen LogP contribution in [0.5, 0.6) is 0 Å². The average Bonchev–Trinajstić information content (AvgIpc) is 3.04. The maximum absolute atomic E-state index is 12.8. The van der Waals surface area contributed by atoms with Crippen molar-refractivity contribution in [1.82, 2.24) is 20.0 Å². The van der Waals surface area contributed by atoms with E-state index in [4.69, 9.17) is 0 Å². The van der Waals surface area contributed by atoms with E-state index in [1.54, 1.807) is 28.9 Å². The SMILES string of the molecule is Cn1nccc1CNC(=O)N1CCN(c2cccc(C(F)(F)F)c2)CC1. The van der Waals surface area contributed by atoms with Crippen LogP contribution in [-0.2, 0) is 19.8 Å². The summed E-state index contributed by atoms with van der Waals surface area (Å²) in [7, 11) is 1.80. The van der Waals surface area contributed by atoms with E-state index in [2.05, 4.69) is 10.4 Å². The zero-order valence-electron chi connectivity index (χ0n) is 14.3. The van der Waals surface area contributed by atoms with Crippen LogP contribution in [0.3, 0.4) is 0 Å². The topological polar surface area (TPSA) is 53.4 Å². The maximum Gasteiger partial charge on any atom is 0.416 e. The van der Waals surface area contributed by atoms with Gasteiger partial charge in [-0.3, -0.25) is 4.68 Å². The number of benzene rings is 1. The zero-order valence-corrected chi connectivity index (χ0v) is 14.3. The number of nitrogens with one attached hydrogen (secondary N) is 1. The molecule has 26 heavy (non-hydrogen) atoms. The van der Waals surface area contributed by atoms with Crippen molar-refractivity contribution in [3.8, 4) is 0 Å². The number of rotatable bonds is 3. The Kier molecular flexibility index (Phi) is 5.06. The van der Waals surface area contributed by atoms with Crippen molar-refractivity contribution in [2.24, 2.45) is 7.05 Å². The van der Waals surface area contributed by atoms with E-state index < -0.39 is 11.7 Å². The summed E-state index contributed by atoms with van der Waals surface area (Å²) < 4.78 is 40.2. The number of aryl methyl sites for hydroxylation is 1. The maximum atomic E-state index is 12.8. The van der Waals surface area contributed by atoms with Crippen molar-refractivity contribution in [3.63, 3.8) is 0 Å². The van der Waals surface area contributed by atoms with Crippen LogP contribution < -0.4 is 10.2 Å². The Morgan fingerprint density at radius 3 is 2.54 bits per heavy atom. The van der Waals surface area contributed by atoms with Gasteiger partial charge in [0.05, 0.1) is 17.8 Å². The van der Waals surface area contributed by atoms with Crippen LogP contribution in [0.25, 0.3) is 0 Å². The number of urea groups is 1. The molecule has 9 heteroatoms. The summed E-state index contributed by atoms with van der Waals surface area (Å²) in [5.74, 6) is 0. The van der Waals surface area contributed by atoms with Gasteiger partial charge in [0.15, 0.2) is 0 Å². The first kappa shape index (κ1) is 18.1. The number of halogens is 3. The molecule has 1 aliphatic rings. The van der Waals surface area contributed by atoms with Crippen LogP contribution in [-0.4, -0.2) is 46.9 Å². The van der Waals surface area contributed by atoms with Crippen LogP contribution in [0.4, 0.5) is 23.7 Å². The van der Waals surface area contributed by atoms with Crippen LogP contribution in [0, 0.1) is 0 Å². The van der Waals surface area contributed by atoms with E-state index in [1.165, 1.54) is 6.07 Å². The van der Waals surface area contributed by atoms with Gasteiger partial charge in [-0.15, -0.1) is 0 Å². The number of nitrogens with zero attached hydrogens (tertiary/aromatic N) is 4. The van der Waals surface area contributed by atoms with E-state index in [0.717, 1.165) is 17.8 Å². The lowest BCUT2D eigenvalue weighted by Gasteiger charge is -2.36. The number of piperazine rings is 1. The van der Waals surface area contributed by atoms with Crippen LogP contribution in [0.1, 0.15) is 11.3 Å². The fourth-order valence-electron chi connectivity index (χ4n) is 2.90. The molecule has 0 atom stereocenters. The molecular formula is C17H20F3N5O. The lowest BCUT2D eigenvalue weighted by Crippen LogP contribution is -2.51. The molecule has 1 N–H and O–H groups in total. The van der Waals surface area contributed by atoms with E-state index in [9.17, 15) is 18.0 Å². The second-order valence-corrected chi connectivity index (χ2v) is 6.13. The standard InChI is InChI=1S/C17H20F3N5O/c1-23-15(5-6-22-23)12-21-16(26)25-9-7-24(8-10-25)14-4-2-3-13(11-14)17(18,19)20/h2-6,11H,7-10,12H2,1H3,(H,21,26). The first-order valence-corrected chi connectivity index (χ1v) is 8.26. The van der Waals surface area contributed by atoms with Gasteiger partial charge in [-0.25, -0.2) is 4.79 Å². The molecule has 0 bridgehead atoms. The lowest BCUT2D eigenvalue weighted by atomic mass is 10.1. The minimum Gasteiger partial charge on any atom is -0.368 e. The summed E-state index contributed by atoms with van der Waals surface area (Å²) in [5, 5.41) is 6.88. The Morgan fingerprint density at radius 2 is 1.92 bits per heavy atom. The van der Waals surface area contributed by atoms with E-state index >= 15 is 0 Å². The number of aromatic nitrogens is 2. The van der Waals surface area contributed by atoms with Crippen molar-refractivity contribution in [2.75, 3.05) is 31.1 Å². The van der Waals surface area contributed by atoms with Gasteiger partial charge in [-0.1, -0.05) is 6.07 Å². The Hall–Kier alpha value is -2.71. The Morgan fingerprint density at radius 1 is 1.19 bits per heavy atom. The molecule has 2 aromatic rings. The summed E-state index contributed by atoms with van der Waals surface area (Å²) in [6.45, 7) is 2.25. The number of alkyl halides is 3. The van der Waals surface area contributed by atoms with Crippen molar-refractivity contribution in [1.29, 1.82) is 0 Å². The predicted molar refractivity (Wildman–Crippen MR) is 90.7 cm³/mol. The minimum absolute atomic E-state index is 0.185. The summed E-state index contributed by atoms with van der Waals surface area (Å²) >= 11 is 0. The molecule has 1 saturated heterocycles. The van der Waals surface area contributed by atoms with E-state index in [1.807, 2.05) is 11.0 Å². The van der Waals surface area contributed by atoms with Gasteiger partial charge in [-0.2, -0.15) is 18.3 Å². The van der Waals surface area contributed by atoms with Gasteiger partial charge in [0.25, 0.3) is 0 Å². The first-order chi connectivity index (χ1) is 12.3. The van der Waals surface area contributed by atoms with Crippen molar-refractivity contribution >= 4 is 11.7 Å². The Balaban J connectivity index is 1.54. The second-order valence-electron chi connectivity index (χ2n) is 6.13. The summed E-state index contributed by atoms with van der Waals surface area (Å²) in [4.78, 5) is 15.8. The molecule has 1 aromatic carbocycles. The highest BCUT2D eigenvalue weighted by Crippen LogP contribution is 2.31. The largest absolute Gasteiger partial charge is 0.416 e. The average molecular weight is 367 g/mol. The third-order valence-electron chi connectivity index (χ3n) is 4.45. The molecule has 0 spiro atoms. The molecular weight excluding hydrogens is 347 g/mol. The van der Waals surface area contributed by atoms with Crippen LogP contribution in [0.2, 0.25) is 0 Å². The molecule has 6 nitrogen and oxygen atoms in total. The quantitative estimate of drug-likeness (QED) is 0.907. The normalized spacial score (nSPS) is 15.2. The van der Waals surface area contributed by atoms with Gasteiger partial charge >= 0.3 is 12.2 Å². The molecule has 1 aromatic heterocycles. The molecule has 1 aliphatic heterocycles. The van der Waals surface area contributed by atoms with E-state index in [0.29, 0.717) is 38.4 Å². The molecule has 0 radical (unpaired) electrons. The molecule has 140 valence electrons. The number of carbonyl (C=O) groups excluding carboxylic acids is 1. The van der Waals surface area contributed by atoms with E-state index in [-0.39, 0.29) is 6.03 Å². The summed E-state index contributed by atoms with van der Waals surface area (Å²) in [5.41, 5.74) is 0.752. The number of amides is 2. The highest BCUT2D eigenvalue weighted by Gasteiger charge is 2.31. The molecule has 3 rings (SSSR count). The molecule has 1 fully saturated rings. The summed E-state index contributed by atoms with van der Waals surface area (Å²) in [6, 6.07) is 6.92. The highest BCUT2D eigenvalue weighted by atomic mass is 19.4. The van der Waals surface area contributed by atoms with Gasteiger partial charge in [0.1, 0.15) is 0 Å². The lowest BCUT2D eigenvalue weighted by molar-refractivity contribution is -0.137. The number of carbonyl (C=O) groups is 1. The molecule has 0 aliphatic carbocycles. The third kappa shape index (κ3) is 4.09. The molecule has 2 heterocycles. The molecule has 0 unspecified atom stereocenters. The Labute approximate surface area is 149 Å². The second kappa shape index (κ2) is 7.27. The highest BCUT2D eigenvalue weighted by molar-refractivity contribution is 5.74. The first-order valence-electron chi connectivity index (χ1n) is 8.26. The smallest absolute Gasteiger partial charge is 0.368 e. The minimum atomic E-state index is -4.36. The van der Waals surface area contributed by atoms with Crippen molar-refractivity contribution < 1.29 is 18.0 Å². The van der Waals surface area contributed by atoms with Crippen molar-refractivity contribution in [2.45, 2.75) is 12.7 Å². The Bertz CT molecular complexity index is 766. The van der Waals surface area contributed by atoms with Gasteiger partial charge < -0.3 is 15.1 Å². The van der Waals surface area contributed by atoms with Gasteiger partial charge in [0, 0.05) is 45.1 Å². The predicted octanol–water partition coefficient (Wildman–Crippen LogP) is 2.47. The zero-order chi connectivity index (χ0) is 18.7. The number of hydrogen-bond acceptors (Lipinski definition) is 3. The fraction of sp³-hybridized carbons (Fsp3) is 0.412.